The Bertz CT molecular complexity index is 759. The van der Waals surface area contributed by atoms with Gasteiger partial charge in [-0.1, -0.05) is 44.2 Å². The van der Waals surface area contributed by atoms with Crippen LogP contribution in [0.5, 0.6) is 0 Å². The minimum absolute atomic E-state index is 0.0847. The van der Waals surface area contributed by atoms with E-state index in [0.29, 0.717) is 12.0 Å². The first kappa shape index (κ1) is 23.8. The van der Waals surface area contributed by atoms with Crippen LogP contribution in [0.1, 0.15) is 32.8 Å². The number of rotatable bonds is 10. The highest BCUT2D eigenvalue weighted by Gasteiger charge is 2.25. The predicted molar refractivity (Wildman–Crippen MR) is 108 cm³/mol. The molecule has 2 atom stereocenters. The monoisotopic (exact) mass is 404 g/mol. The summed E-state index contributed by atoms with van der Waals surface area (Å²) in [5.74, 6) is -2.98. The van der Waals surface area contributed by atoms with Gasteiger partial charge < -0.3 is 26.8 Å². The van der Waals surface area contributed by atoms with Gasteiger partial charge in [0.1, 0.15) is 18.3 Å². The van der Waals surface area contributed by atoms with E-state index >= 15 is 0 Å². The summed E-state index contributed by atoms with van der Waals surface area (Å²) in [6, 6.07) is 7.05. The van der Waals surface area contributed by atoms with Gasteiger partial charge in [0.15, 0.2) is 0 Å². The second kappa shape index (κ2) is 11.6. The SMILES string of the molecule is CC(C)CC(NC(=O)C(C)N)C(=O)NC(=Cc1ccccc1)C(=O)NCC(=O)O. The lowest BCUT2D eigenvalue weighted by atomic mass is 10.0. The molecule has 29 heavy (non-hydrogen) atoms. The van der Waals surface area contributed by atoms with Crippen LogP contribution >= 0.6 is 0 Å². The summed E-state index contributed by atoms with van der Waals surface area (Å²) in [5, 5.41) is 16.1. The van der Waals surface area contributed by atoms with Gasteiger partial charge in [0.05, 0.1) is 6.04 Å². The van der Waals surface area contributed by atoms with Crippen LogP contribution < -0.4 is 21.7 Å². The van der Waals surface area contributed by atoms with Crippen molar-refractivity contribution in [3.8, 4) is 0 Å². The number of amides is 3. The Kier molecular flexibility index (Phi) is 9.54. The van der Waals surface area contributed by atoms with Crippen LogP contribution in [-0.4, -0.2) is 47.4 Å². The van der Waals surface area contributed by atoms with Crippen LogP contribution in [-0.2, 0) is 19.2 Å². The maximum absolute atomic E-state index is 12.8. The van der Waals surface area contributed by atoms with Crippen LogP contribution in [0.25, 0.3) is 6.08 Å². The number of hydrogen-bond acceptors (Lipinski definition) is 5. The molecular formula is C20H28N4O5. The molecule has 9 heteroatoms. The second-order valence-electron chi connectivity index (χ2n) is 7.01. The first-order chi connectivity index (χ1) is 13.6. The van der Waals surface area contributed by atoms with Crippen LogP contribution in [0.2, 0.25) is 0 Å². The Hall–Kier alpha value is -3.20. The second-order valence-corrected chi connectivity index (χ2v) is 7.01. The van der Waals surface area contributed by atoms with Crippen LogP contribution in [0.15, 0.2) is 36.0 Å². The van der Waals surface area contributed by atoms with Crippen molar-refractivity contribution >= 4 is 29.8 Å². The highest BCUT2D eigenvalue weighted by Crippen LogP contribution is 2.09. The molecule has 0 heterocycles. The molecule has 0 fully saturated rings. The maximum Gasteiger partial charge on any atom is 0.322 e. The zero-order chi connectivity index (χ0) is 22.0. The molecule has 158 valence electrons. The number of nitrogens with one attached hydrogen (secondary N) is 3. The summed E-state index contributed by atoms with van der Waals surface area (Å²) in [7, 11) is 0. The van der Waals surface area contributed by atoms with Crippen molar-refractivity contribution < 1.29 is 24.3 Å². The molecule has 6 N–H and O–H groups in total. The third kappa shape index (κ3) is 9.02. The Morgan fingerprint density at radius 1 is 1.07 bits per heavy atom. The van der Waals surface area contributed by atoms with Crippen molar-refractivity contribution in [3.63, 3.8) is 0 Å². The smallest absolute Gasteiger partial charge is 0.322 e. The molecule has 0 aliphatic carbocycles. The fraction of sp³-hybridized carbons (Fsp3) is 0.400. The normalized spacial score (nSPS) is 13.3. The first-order valence-electron chi connectivity index (χ1n) is 9.23. The lowest BCUT2D eigenvalue weighted by Crippen LogP contribution is -2.52. The number of carboxylic acid groups (broad SMARTS) is 1. The number of carboxylic acids is 1. The number of nitrogens with two attached hydrogens (primary N) is 1. The van der Waals surface area contributed by atoms with E-state index in [1.54, 1.807) is 30.3 Å². The third-order valence-electron chi connectivity index (χ3n) is 3.77. The molecule has 0 saturated heterocycles. The van der Waals surface area contributed by atoms with Crippen molar-refractivity contribution in [2.45, 2.75) is 39.3 Å². The maximum atomic E-state index is 12.8. The highest BCUT2D eigenvalue weighted by molar-refractivity contribution is 6.03. The highest BCUT2D eigenvalue weighted by atomic mass is 16.4. The van der Waals surface area contributed by atoms with Crippen molar-refractivity contribution in [1.29, 1.82) is 0 Å². The van der Waals surface area contributed by atoms with Gasteiger partial charge in [0.25, 0.3) is 5.91 Å². The fourth-order valence-corrected chi connectivity index (χ4v) is 2.35. The zero-order valence-corrected chi connectivity index (χ0v) is 16.8. The Morgan fingerprint density at radius 3 is 2.21 bits per heavy atom. The summed E-state index contributed by atoms with van der Waals surface area (Å²) in [4.78, 5) is 47.9. The van der Waals surface area contributed by atoms with E-state index in [9.17, 15) is 19.2 Å². The van der Waals surface area contributed by atoms with Crippen molar-refractivity contribution in [2.75, 3.05) is 6.54 Å². The minimum Gasteiger partial charge on any atom is -0.480 e. The summed E-state index contributed by atoms with van der Waals surface area (Å²) in [6.07, 6.45) is 1.76. The van der Waals surface area contributed by atoms with E-state index in [1.807, 2.05) is 13.8 Å². The van der Waals surface area contributed by atoms with E-state index in [2.05, 4.69) is 16.0 Å². The summed E-state index contributed by atoms with van der Waals surface area (Å²) >= 11 is 0. The lowest BCUT2D eigenvalue weighted by molar-refractivity contribution is -0.137. The van der Waals surface area contributed by atoms with Gasteiger partial charge in [-0.3, -0.25) is 19.2 Å². The molecule has 2 unspecified atom stereocenters. The van der Waals surface area contributed by atoms with Crippen LogP contribution in [0, 0.1) is 5.92 Å². The summed E-state index contributed by atoms with van der Waals surface area (Å²) in [5.41, 5.74) is 6.06. The molecule has 0 saturated carbocycles. The van der Waals surface area contributed by atoms with Gasteiger partial charge in [0, 0.05) is 0 Å². The number of aliphatic carboxylic acids is 1. The van der Waals surface area contributed by atoms with Gasteiger partial charge in [-0.25, -0.2) is 0 Å². The van der Waals surface area contributed by atoms with Crippen molar-refractivity contribution in [3.05, 3.63) is 41.6 Å². The van der Waals surface area contributed by atoms with E-state index < -0.39 is 42.3 Å². The molecule has 1 rings (SSSR count). The molecule has 3 amide bonds. The van der Waals surface area contributed by atoms with Gasteiger partial charge in [-0.05, 0) is 30.9 Å². The number of carbonyl (C=O) groups is 4. The topological polar surface area (TPSA) is 151 Å². The van der Waals surface area contributed by atoms with E-state index in [0.717, 1.165) is 0 Å². The van der Waals surface area contributed by atoms with Crippen LogP contribution in [0.3, 0.4) is 0 Å². The average molecular weight is 404 g/mol. The lowest BCUT2D eigenvalue weighted by Gasteiger charge is -2.22. The molecule has 1 aromatic rings. The Morgan fingerprint density at radius 2 is 1.69 bits per heavy atom. The van der Waals surface area contributed by atoms with E-state index in [1.165, 1.54) is 13.0 Å². The summed E-state index contributed by atoms with van der Waals surface area (Å²) < 4.78 is 0. The van der Waals surface area contributed by atoms with E-state index in [-0.39, 0.29) is 11.6 Å². The number of benzene rings is 1. The summed E-state index contributed by atoms with van der Waals surface area (Å²) in [6.45, 7) is 4.68. The number of hydrogen-bond donors (Lipinski definition) is 5. The average Bonchev–Trinajstić information content (AvgIpc) is 2.65. The van der Waals surface area contributed by atoms with Gasteiger partial charge in [-0.15, -0.1) is 0 Å². The van der Waals surface area contributed by atoms with Gasteiger partial charge in [0.2, 0.25) is 11.8 Å². The molecule has 0 bridgehead atoms. The third-order valence-corrected chi connectivity index (χ3v) is 3.77. The molecule has 1 aromatic carbocycles. The largest absolute Gasteiger partial charge is 0.480 e. The standard InChI is InChI=1S/C20H28N4O5/c1-12(2)9-15(23-18(27)13(3)21)20(29)24-16(19(28)22-11-17(25)26)10-14-7-5-4-6-8-14/h4-8,10,12-13,15H,9,11,21H2,1-3H3,(H,22,28)(H,23,27)(H,24,29)(H,25,26). The fourth-order valence-electron chi connectivity index (χ4n) is 2.35. The van der Waals surface area contributed by atoms with Gasteiger partial charge >= 0.3 is 5.97 Å². The molecule has 0 aliphatic heterocycles. The zero-order valence-electron chi connectivity index (χ0n) is 16.8. The molecule has 0 aromatic heterocycles. The molecule has 0 radical (unpaired) electrons. The minimum atomic E-state index is -1.22. The van der Waals surface area contributed by atoms with Crippen molar-refractivity contribution in [1.82, 2.24) is 16.0 Å². The molecule has 0 aliphatic rings. The Balaban J connectivity index is 3.08. The quantitative estimate of drug-likeness (QED) is 0.352. The van der Waals surface area contributed by atoms with Gasteiger partial charge in [-0.2, -0.15) is 0 Å². The molecule has 0 spiro atoms. The van der Waals surface area contributed by atoms with E-state index in [4.69, 9.17) is 10.8 Å². The predicted octanol–water partition coefficient (Wildman–Crippen LogP) is 0.223. The number of carbonyl (C=O) groups excluding carboxylic acids is 3. The van der Waals surface area contributed by atoms with Crippen molar-refractivity contribution in [2.24, 2.45) is 11.7 Å². The Labute approximate surface area is 169 Å². The van der Waals surface area contributed by atoms with Crippen LogP contribution in [0.4, 0.5) is 0 Å². The first-order valence-corrected chi connectivity index (χ1v) is 9.23. The molecule has 9 nitrogen and oxygen atoms in total. The molecular weight excluding hydrogens is 376 g/mol.